The van der Waals surface area contributed by atoms with E-state index in [4.69, 9.17) is 10.5 Å². The van der Waals surface area contributed by atoms with Gasteiger partial charge in [0, 0.05) is 6.54 Å². The van der Waals surface area contributed by atoms with Crippen molar-refractivity contribution in [3.63, 3.8) is 0 Å². The maximum Gasteiger partial charge on any atom is 0.244 e. The molecule has 2 N–H and O–H groups in total. The number of amides is 1. The number of rotatable bonds is 2. The second kappa shape index (κ2) is 4.33. The van der Waals surface area contributed by atoms with Crippen LogP contribution >= 0.6 is 0 Å². The van der Waals surface area contributed by atoms with E-state index in [2.05, 4.69) is 10.1 Å². The summed E-state index contributed by atoms with van der Waals surface area (Å²) in [5.41, 5.74) is 5.12. The summed E-state index contributed by atoms with van der Waals surface area (Å²) < 4.78 is 6.82. The van der Waals surface area contributed by atoms with E-state index in [-0.39, 0.29) is 23.9 Å². The van der Waals surface area contributed by atoms with Gasteiger partial charge >= 0.3 is 0 Å². The van der Waals surface area contributed by atoms with Gasteiger partial charge in [-0.05, 0) is 13.8 Å². The van der Waals surface area contributed by atoms with Crippen molar-refractivity contribution in [1.82, 2.24) is 19.7 Å². The quantitative estimate of drug-likeness (QED) is 0.751. The number of morpholine rings is 1. The van der Waals surface area contributed by atoms with Crippen LogP contribution in [0.3, 0.4) is 0 Å². The Kier molecular flexibility index (Phi) is 3.01. The Morgan fingerprint density at radius 3 is 3.00 bits per heavy atom. The van der Waals surface area contributed by atoms with Crippen LogP contribution in [-0.2, 0) is 16.1 Å². The molecule has 0 atom stereocenters. The minimum absolute atomic E-state index is 0.00296. The molecular weight excluding hydrogens is 222 g/mol. The van der Waals surface area contributed by atoms with Gasteiger partial charge in [0.05, 0.1) is 18.8 Å². The summed E-state index contributed by atoms with van der Waals surface area (Å²) in [4.78, 5) is 17.7. The number of nitrogens with zero attached hydrogens (tertiary/aromatic N) is 4. The standard InChI is InChI=1S/C10H17N5O2/c1-10(2)6-17-4-3-15(10)8(16)5-14-7-12-9(11)13-14/h7H,3-6H2,1-2H3,(H2,11,13). The lowest BCUT2D eigenvalue weighted by Crippen LogP contribution is -2.56. The van der Waals surface area contributed by atoms with Gasteiger partial charge in [0.1, 0.15) is 12.9 Å². The molecule has 0 radical (unpaired) electrons. The molecule has 0 aromatic carbocycles. The van der Waals surface area contributed by atoms with Crippen molar-refractivity contribution in [2.75, 3.05) is 25.5 Å². The fourth-order valence-electron chi connectivity index (χ4n) is 1.93. The predicted octanol–water partition coefficient (Wildman–Crippen LogP) is -0.502. The number of hydrogen-bond acceptors (Lipinski definition) is 5. The maximum absolute atomic E-state index is 12.1. The largest absolute Gasteiger partial charge is 0.377 e. The second-order valence-corrected chi connectivity index (χ2v) is 4.71. The first-order valence-corrected chi connectivity index (χ1v) is 5.52. The summed E-state index contributed by atoms with van der Waals surface area (Å²) >= 11 is 0. The summed E-state index contributed by atoms with van der Waals surface area (Å²) in [7, 11) is 0. The van der Waals surface area contributed by atoms with Gasteiger partial charge in [-0.1, -0.05) is 0 Å². The lowest BCUT2D eigenvalue weighted by atomic mass is 10.0. The highest BCUT2D eigenvalue weighted by Gasteiger charge is 2.34. The topological polar surface area (TPSA) is 86.3 Å². The van der Waals surface area contributed by atoms with Crippen LogP contribution in [0.4, 0.5) is 5.95 Å². The van der Waals surface area contributed by atoms with Crippen LogP contribution in [-0.4, -0.2) is 50.9 Å². The van der Waals surface area contributed by atoms with E-state index in [0.717, 1.165) is 0 Å². The number of carbonyl (C=O) groups excluding carboxylic acids is 1. The molecule has 7 nitrogen and oxygen atoms in total. The number of aromatic nitrogens is 3. The van der Waals surface area contributed by atoms with Gasteiger partial charge in [-0.15, -0.1) is 5.10 Å². The Morgan fingerprint density at radius 2 is 2.41 bits per heavy atom. The Morgan fingerprint density at radius 1 is 1.65 bits per heavy atom. The van der Waals surface area contributed by atoms with Crippen LogP contribution in [0.2, 0.25) is 0 Å². The summed E-state index contributed by atoms with van der Waals surface area (Å²) in [6, 6.07) is 0. The number of carbonyl (C=O) groups is 1. The molecule has 1 amide bonds. The molecule has 0 bridgehead atoms. The average Bonchev–Trinajstić information content (AvgIpc) is 2.63. The van der Waals surface area contributed by atoms with Crippen LogP contribution < -0.4 is 5.73 Å². The third kappa shape index (κ3) is 2.55. The normalized spacial score (nSPS) is 19.3. The van der Waals surface area contributed by atoms with Crippen molar-refractivity contribution in [3.05, 3.63) is 6.33 Å². The molecule has 0 unspecified atom stereocenters. The van der Waals surface area contributed by atoms with Crippen molar-refractivity contribution >= 4 is 11.9 Å². The van der Waals surface area contributed by atoms with Crippen molar-refractivity contribution in [2.45, 2.75) is 25.9 Å². The Bertz CT molecular complexity index is 415. The zero-order chi connectivity index (χ0) is 12.5. The molecule has 94 valence electrons. The Labute approximate surface area is 99.5 Å². The summed E-state index contributed by atoms with van der Waals surface area (Å²) in [6.45, 7) is 5.87. The molecule has 17 heavy (non-hydrogen) atoms. The first kappa shape index (κ1) is 11.8. The van der Waals surface area contributed by atoms with Crippen molar-refractivity contribution in [3.8, 4) is 0 Å². The highest BCUT2D eigenvalue weighted by atomic mass is 16.5. The first-order chi connectivity index (χ1) is 7.99. The van der Waals surface area contributed by atoms with Crippen LogP contribution in [0.25, 0.3) is 0 Å². The number of anilines is 1. The summed E-state index contributed by atoms with van der Waals surface area (Å²) in [5.74, 6) is 0.183. The fourth-order valence-corrected chi connectivity index (χ4v) is 1.93. The number of nitrogens with two attached hydrogens (primary N) is 1. The molecule has 1 aliphatic heterocycles. The SMILES string of the molecule is CC1(C)COCCN1C(=O)Cn1cnc(N)n1. The van der Waals surface area contributed by atoms with E-state index < -0.39 is 0 Å². The van der Waals surface area contributed by atoms with Gasteiger partial charge in [-0.2, -0.15) is 0 Å². The van der Waals surface area contributed by atoms with E-state index in [1.807, 2.05) is 18.7 Å². The second-order valence-electron chi connectivity index (χ2n) is 4.71. The Balaban J connectivity index is 2.04. The average molecular weight is 239 g/mol. The van der Waals surface area contributed by atoms with Crippen LogP contribution in [0.5, 0.6) is 0 Å². The highest BCUT2D eigenvalue weighted by Crippen LogP contribution is 2.19. The lowest BCUT2D eigenvalue weighted by molar-refractivity contribution is -0.147. The van der Waals surface area contributed by atoms with E-state index in [0.29, 0.717) is 19.8 Å². The molecule has 0 aliphatic carbocycles. The van der Waals surface area contributed by atoms with Crippen molar-refractivity contribution in [1.29, 1.82) is 0 Å². The highest BCUT2D eigenvalue weighted by molar-refractivity contribution is 5.76. The van der Waals surface area contributed by atoms with E-state index in [1.54, 1.807) is 0 Å². The molecule has 7 heteroatoms. The monoisotopic (exact) mass is 239 g/mol. The summed E-state index contributed by atoms with van der Waals surface area (Å²) in [5, 5.41) is 3.90. The van der Waals surface area contributed by atoms with Gasteiger partial charge < -0.3 is 15.4 Å². The number of hydrogen-bond donors (Lipinski definition) is 1. The predicted molar refractivity (Wildman–Crippen MR) is 61.0 cm³/mol. The van der Waals surface area contributed by atoms with Gasteiger partial charge in [0.2, 0.25) is 11.9 Å². The van der Waals surface area contributed by atoms with Crippen LogP contribution in [0, 0.1) is 0 Å². The van der Waals surface area contributed by atoms with Crippen LogP contribution in [0.15, 0.2) is 6.33 Å². The molecule has 2 heterocycles. The summed E-state index contributed by atoms with van der Waals surface area (Å²) in [6.07, 6.45) is 1.46. The minimum Gasteiger partial charge on any atom is -0.377 e. The number of nitrogen functional groups attached to an aromatic ring is 1. The molecule has 0 saturated carbocycles. The zero-order valence-corrected chi connectivity index (χ0v) is 10.1. The van der Waals surface area contributed by atoms with E-state index in [1.165, 1.54) is 11.0 Å². The molecule has 1 saturated heterocycles. The third-order valence-corrected chi connectivity index (χ3v) is 2.80. The van der Waals surface area contributed by atoms with Gasteiger partial charge in [-0.25, -0.2) is 9.67 Å². The first-order valence-electron chi connectivity index (χ1n) is 5.52. The third-order valence-electron chi connectivity index (χ3n) is 2.80. The minimum atomic E-state index is -0.276. The molecule has 1 aromatic heterocycles. The molecular formula is C10H17N5O2. The molecule has 2 rings (SSSR count). The van der Waals surface area contributed by atoms with Crippen LogP contribution in [0.1, 0.15) is 13.8 Å². The Hall–Kier alpha value is -1.63. The van der Waals surface area contributed by atoms with Gasteiger partial charge in [-0.3, -0.25) is 4.79 Å². The van der Waals surface area contributed by atoms with Crippen molar-refractivity contribution < 1.29 is 9.53 Å². The van der Waals surface area contributed by atoms with E-state index >= 15 is 0 Å². The molecule has 1 aliphatic rings. The van der Waals surface area contributed by atoms with Crippen molar-refractivity contribution in [2.24, 2.45) is 0 Å². The molecule has 0 spiro atoms. The van der Waals surface area contributed by atoms with Gasteiger partial charge in [0.15, 0.2) is 0 Å². The lowest BCUT2D eigenvalue weighted by Gasteiger charge is -2.42. The van der Waals surface area contributed by atoms with E-state index in [9.17, 15) is 4.79 Å². The molecule has 1 fully saturated rings. The fraction of sp³-hybridized carbons (Fsp3) is 0.700. The maximum atomic E-state index is 12.1. The number of ether oxygens (including phenoxy) is 1. The zero-order valence-electron chi connectivity index (χ0n) is 10.1. The molecule has 1 aromatic rings. The smallest absolute Gasteiger partial charge is 0.244 e. The van der Waals surface area contributed by atoms with Gasteiger partial charge in [0.25, 0.3) is 0 Å².